The first-order valence-electron chi connectivity index (χ1n) is 8.82. The first-order valence-corrected chi connectivity index (χ1v) is 8.82. The fourth-order valence-corrected chi connectivity index (χ4v) is 4.98. The first-order chi connectivity index (χ1) is 11.6. The SMILES string of the molecule is COc1cc2c(cc1OC)C1(C)N(CC2)C(=O)OC12CCCCC2. The Balaban J connectivity index is 1.91. The molecule has 1 saturated carbocycles. The fraction of sp³-hybridized carbons (Fsp3) is 0.632. The van der Waals surface area contributed by atoms with Crippen LogP contribution in [0.1, 0.15) is 50.2 Å². The molecule has 1 spiro atoms. The standard InChI is InChI=1S/C19H25NO4/c1-18-14-12-16(23-3)15(22-2)11-13(14)7-10-20(18)17(21)24-19(18)8-5-4-6-9-19/h11-12H,4-10H2,1-3H3. The van der Waals surface area contributed by atoms with Gasteiger partial charge >= 0.3 is 6.09 Å². The van der Waals surface area contributed by atoms with Crippen LogP contribution in [0.25, 0.3) is 0 Å². The van der Waals surface area contributed by atoms with Gasteiger partial charge in [-0.15, -0.1) is 0 Å². The van der Waals surface area contributed by atoms with Gasteiger partial charge in [-0.2, -0.15) is 0 Å². The average molecular weight is 331 g/mol. The lowest BCUT2D eigenvalue weighted by Crippen LogP contribution is -2.57. The van der Waals surface area contributed by atoms with Crippen LogP contribution in [0.3, 0.4) is 0 Å². The third-order valence-corrected chi connectivity index (χ3v) is 6.33. The van der Waals surface area contributed by atoms with Crippen molar-refractivity contribution in [3.63, 3.8) is 0 Å². The summed E-state index contributed by atoms with van der Waals surface area (Å²) in [6.07, 6.45) is 5.95. The van der Waals surface area contributed by atoms with Crippen molar-refractivity contribution in [3.8, 4) is 11.5 Å². The molecule has 5 heteroatoms. The highest BCUT2D eigenvalue weighted by Gasteiger charge is 2.64. The van der Waals surface area contributed by atoms with Crippen LogP contribution in [0.2, 0.25) is 0 Å². The Hall–Kier alpha value is -1.91. The summed E-state index contributed by atoms with van der Waals surface area (Å²) in [5.41, 5.74) is 1.53. The van der Waals surface area contributed by atoms with Gasteiger partial charge in [0.1, 0.15) is 11.1 Å². The Bertz CT molecular complexity index is 680. The highest BCUT2D eigenvalue weighted by molar-refractivity contribution is 5.75. The first kappa shape index (κ1) is 15.6. The van der Waals surface area contributed by atoms with E-state index >= 15 is 0 Å². The van der Waals surface area contributed by atoms with E-state index in [0.717, 1.165) is 43.4 Å². The zero-order chi connectivity index (χ0) is 16.9. The summed E-state index contributed by atoms with van der Waals surface area (Å²) in [6.45, 7) is 2.87. The van der Waals surface area contributed by atoms with Crippen LogP contribution in [-0.4, -0.2) is 37.4 Å². The molecule has 1 aromatic rings. The number of ether oxygens (including phenoxy) is 3. The monoisotopic (exact) mass is 331 g/mol. The Labute approximate surface area is 142 Å². The predicted molar refractivity (Wildman–Crippen MR) is 89.6 cm³/mol. The van der Waals surface area contributed by atoms with Gasteiger partial charge in [0, 0.05) is 6.54 Å². The summed E-state index contributed by atoms with van der Waals surface area (Å²) >= 11 is 0. The number of hydrogen-bond donors (Lipinski definition) is 0. The Morgan fingerprint density at radius 2 is 1.75 bits per heavy atom. The van der Waals surface area contributed by atoms with Gasteiger partial charge in [0.25, 0.3) is 0 Å². The molecule has 1 aromatic carbocycles. The fourth-order valence-electron chi connectivity index (χ4n) is 4.98. The predicted octanol–water partition coefficient (Wildman–Crippen LogP) is 3.63. The molecule has 1 aliphatic carbocycles. The molecule has 130 valence electrons. The third-order valence-electron chi connectivity index (χ3n) is 6.33. The zero-order valence-corrected chi connectivity index (χ0v) is 14.7. The van der Waals surface area contributed by atoms with E-state index in [1.54, 1.807) is 14.2 Å². The maximum atomic E-state index is 12.6. The van der Waals surface area contributed by atoms with Crippen LogP contribution >= 0.6 is 0 Å². The molecule has 0 radical (unpaired) electrons. The summed E-state index contributed by atoms with van der Waals surface area (Å²) in [5.74, 6) is 1.46. The van der Waals surface area contributed by atoms with Crippen LogP contribution in [0.5, 0.6) is 11.5 Å². The maximum absolute atomic E-state index is 12.6. The van der Waals surface area contributed by atoms with E-state index in [9.17, 15) is 4.79 Å². The van der Waals surface area contributed by atoms with E-state index in [-0.39, 0.29) is 6.09 Å². The van der Waals surface area contributed by atoms with Gasteiger partial charge in [0.2, 0.25) is 0 Å². The molecule has 0 aromatic heterocycles. The number of rotatable bonds is 2. The van der Waals surface area contributed by atoms with Crippen molar-refractivity contribution < 1.29 is 19.0 Å². The molecule has 1 atom stereocenters. The number of carbonyl (C=O) groups is 1. The number of carbonyl (C=O) groups excluding carboxylic acids is 1. The summed E-state index contributed by atoms with van der Waals surface area (Å²) < 4.78 is 17.0. The second-order valence-electron chi connectivity index (χ2n) is 7.26. The minimum Gasteiger partial charge on any atom is -0.493 e. The van der Waals surface area contributed by atoms with Crippen molar-refractivity contribution in [2.24, 2.45) is 0 Å². The van der Waals surface area contributed by atoms with Crippen LogP contribution in [0.15, 0.2) is 12.1 Å². The molecule has 4 rings (SSSR count). The van der Waals surface area contributed by atoms with E-state index in [2.05, 4.69) is 19.1 Å². The van der Waals surface area contributed by atoms with Crippen molar-refractivity contribution in [1.29, 1.82) is 0 Å². The highest BCUT2D eigenvalue weighted by atomic mass is 16.6. The molecule has 2 aliphatic heterocycles. The molecular formula is C19H25NO4. The zero-order valence-electron chi connectivity index (χ0n) is 14.7. The van der Waals surface area contributed by atoms with E-state index in [4.69, 9.17) is 14.2 Å². The van der Waals surface area contributed by atoms with Gasteiger partial charge in [0.05, 0.1) is 14.2 Å². The minimum atomic E-state index is -0.433. The maximum Gasteiger partial charge on any atom is 0.411 e. The molecule has 1 saturated heterocycles. The number of amides is 1. The molecular weight excluding hydrogens is 306 g/mol. The summed E-state index contributed by atoms with van der Waals surface area (Å²) in [4.78, 5) is 14.6. The van der Waals surface area contributed by atoms with Crippen molar-refractivity contribution in [2.45, 2.75) is 56.6 Å². The van der Waals surface area contributed by atoms with E-state index in [1.807, 2.05) is 4.90 Å². The Morgan fingerprint density at radius 1 is 1.08 bits per heavy atom. The lowest BCUT2D eigenvalue weighted by atomic mass is 9.65. The van der Waals surface area contributed by atoms with E-state index in [0.29, 0.717) is 12.3 Å². The number of hydrogen-bond acceptors (Lipinski definition) is 4. The van der Waals surface area contributed by atoms with Gasteiger partial charge in [0.15, 0.2) is 11.5 Å². The van der Waals surface area contributed by atoms with Gasteiger partial charge in [-0.3, -0.25) is 4.90 Å². The van der Waals surface area contributed by atoms with Crippen molar-refractivity contribution in [2.75, 3.05) is 20.8 Å². The van der Waals surface area contributed by atoms with Crippen molar-refractivity contribution >= 4 is 6.09 Å². The van der Waals surface area contributed by atoms with Crippen LogP contribution < -0.4 is 9.47 Å². The molecule has 3 aliphatic rings. The second kappa shape index (κ2) is 5.30. The number of benzene rings is 1. The minimum absolute atomic E-state index is 0.167. The van der Waals surface area contributed by atoms with Gasteiger partial charge in [-0.1, -0.05) is 6.42 Å². The summed E-state index contributed by atoms with van der Waals surface area (Å²) in [5, 5.41) is 0. The smallest absolute Gasteiger partial charge is 0.411 e. The topological polar surface area (TPSA) is 48.0 Å². The third kappa shape index (κ3) is 1.84. The lowest BCUT2D eigenvalue weighted by molar-refractivity contribution is -0.0437. The van der Waals surface area contributed by atoms with E-state index in [1.165, 1.54) is 12.0 Å². The number of methoxy groups -OCH3 is 2. The van der Waals surface area contributed by atoms with Gasteiger partial charge < -0.3 is 14.2 Å². The highest BCUT2D eigenvalue weighted by Crippen LogP contribution is 2.56. The van der Waals surface area contributed by atoms with E-state index < -0.39 is 11.1 Å². The van der Waals surface area contributed by atoms with Crippen molar-refractivity contribution in [3.05, 3.63) is 23.3 Å². The van der Waals surface area contributed by atoms with Gasteiger partial charge in [-0.25, -0.2) is 4.79 Å². The number of fused-ring (bicyclic) bond motifs is 4. The van der Waals surface area contributed by atoms with Crippen LogP contribution in [0.4, 0.5) is 4.79 Å². The summed E-state index contributed by atoms with van der Waals surface area (Å²) in [6, 6.07) is 4.12. The molecule has 1 unspecified atom stereocenters. The van der Waals surface area contributed by atoms with Gasteiger partial charge in [-0.05, 0) is 62.3 Å². The molecule has 5 nitrogen and oxygen atoms in total. The molecule has 2 fully saturated rings. The molecule has 0 bridgehead atoms. The molecule has 0 N–H and O–H groups in total. The van der Waals surface area contributed by atoms with Crippen LogP contribution in [0, 0.1) is 0 Å². The lowest BCUT2D eigenvalue weighted by Gasteiger charge is -2.49. The van der Waals surface area contributed by atoms with Crippen LogP contribution in [-0.2, 0) is 16.7 Å². The quantitative estimate of drug-likeness (QED) is 0.830. The molecule has 24 heavy (non-hydrogen) atoms. The Morgan fingerprint density at radius 3 is 2.42 bits per heavy atom. The number of nitrogens with zero attached hydrogens (tertiary/aromatic N) is 1. The average Bonchev–Trinajstić information content (AvgIpc) is 2.81. The summed E-state index contributed by atoms with van der Waals surface area (Å²) in [7, 11) is 3.31. The normalized spacial score (nSPS) is 27.5. The Kier molecular flexibility index (Phi) is 3.44. The van der Waals surface area contributed by atoms with Crippen molar-refractivity contribution in [1.82, 2.24) is 4.90 Å². The second-order valence-corrected chi connectivity index (χ2v) is 7.26. The largest absolute Gasteiger partial charge is 0.493 e. The molecule has 1 amide bonds. The molecule has 2 heterocycles.